The third-order valence-corrected chi connectivity index (χ3v) is 4.95. The summed E-state index contributed by atoms with van der Waals surface area (Å²) in [6, 6.07) is 12.5. The Labute approximate surface area is 153 Å². The third kappa shape index (κ3) is 4.31. The van der Waals surface area contributed by atoms with Crippen LogP contribution in [0.4, 0.5) is 10.1 Å². The molecule has 1 aliphatic rings. The average Bonchev–Trinajstić information content (AvgIpc) is 2.63. The Kier molecular flexibility index (Phi) is 5.59. The van der Waals surface area contributed by atoms with E-state index in [1.807, 2.05) is 23.1 Å². The van der Waals surface area contributed by atoms with Crippen LogP contribution in [-0.2, 0) is 11.2 Å². The molecular weight excluding hydrogens is 339 g/mol. The van der Waals surface area contributed by atoms with Crippen LogP contribution in [0.25, 0.3) is 0 Å². The zero-order valence-corrected chi connectivity index (χ0v) is 15.1. The molecule has 3 rings (SSSR count). The molecule has 0 radical (unpaired) electrons. The number of carbonyl (C=O) groups is 1. The summed E-state index contributed by atoms with van der Waals surface area (Å²) in [5, 5.41) is 0.726. The second kappa shape index (κ2) is 7.87. The van der Waals surface area contributed by atoms with E-state index in [0.29, 0.717) is 31.5 Å². The molecule has 0 saturated carbocycles. The molecule has 1 aliphatic heterocycles. The van der Waals surface area contributed by atoms with Gasteiger partial charge in [-0.25, -0.2) is 4.39 Å². The third-order valence-electron chi connectivity index (χ3n) is 4.71. The number of rotatable bonds is 4. The van der Waals surface area contributed by atoms with Crippen molar-refractivity contribution in [1.82, 2.24) is 4.90 Å². The van der Waals surface area contributed by atoms with Crippen LogP contribution in [-0.4, -0.2) is 37.0 Å². The first-order valence-electron chi connectivity index (χ1n) is 8.57. The first-order valence-corrected chi connectivity index (χ1v) is 8.94. The second-order valence-electron chi connectivity index (χ2n) is 6.39. The quantitative estimate of drug-likeness (QED) is 0.820. The van der Waals surface area contributed by atoms with E-state index in [2.05, 4.69) is 11.8 Å². The van der Waals surface area contributed by atoms with Gasteiger partial charge in [-0.15, -0.1) is 0 Å². The van der Waals surface area contributed by atoms with Gasteiger partial charge in [0.15, 0.2) is 0 Å². The monoisotopic (exact) mass is 360 g/mol. The second-order valence-corrected chi connectivity index (χ2v) is 6.83. The van der Waals surface area contributed by atoms with Crippen LogP contribution in [0.5, 0.6) is 0 Å². The van der Waals surface area contributed by atoms with Gasteiger partial charge in [-0.2, -0.15) is 0 Å². The number of aryl methyl sites for hydroxylation is 2. The SMILES string of the molecule is Cc1ccc(Cl)cc1N1CCN(C(=O)CCc2ccccc2F)CC1. The summed E-state index contributed by atoms with van der Waals surface area (Å²) in [6.07, 6.45) is 0.788. The smallest absolute Gasteiger partial charge is 0.223 e. The fourth-order valence-corrected chi connectivity index (χ4v) is 3.39. The molecule has 1 heterocycles. The van der Waals surface area contributed by atoms with E-state index < -0.39 is 0 Å². The molecular formula is C20H22ClFN2O. The molecule has 0 unspecified atom stereocenters. The lowest BCUT2D eigenvalue weighted by Crippen LogP contribution is -2.49. The van der Waals surface area contributed by atoms with Crippen molar-refractivity contribution in [3.05, 3.63) is 64.4 Å². The number of amides is 1. The average molecular weight is 361 g/mol. The van der Waals surface area contributed by atoms with Crippen LogP contribution >= 0.6 is 11.6 Å². The van der Waals surface area contributed by atoms with E-state index in [0.717, 1.165) is 23.8 Å². The van der Waals surface area contributed by atoms with Crippen LogP contribution < -0.4 is 4.90 Å². The van der Waals surface area contributed by atoms with Crippen LogP contribution in [0, 0.1) is 12.7 Å². The highest BCUT2D eigenvalue weighted by Gasteiger charge is 2.22. The first-order chi connectivity index (χ1) is 12.0. The summed E-state index contributed by atoms with van der Waals surface area (Å²) >= 11 is 6.11. The Bertz CT molecular complexity index is 757. The lowest BCUT2D eigenvalue weighted by molar-refractivity contribution is -0.131. The molecule has 2 aromatic carbocycles. The number of hydrogen-bond acceptors (Lipinski definition) is 2. The van der Waals surface area contributed by atoms with Crippen molar-refractivity contribution in [3.8, 4) is 0 Å². The van der Waals surface area contributed by atoms with Gasteiger partial charge in [-0.05, 0) is 42.7 Å². The van der Waals surface area contributed by atoms with E-state index in [4.69, 9.17) is 11.6 Å². The molecule has 0 spiro atoms. The fraction of sp³-hybridized carbons (Fsp3) is 0.350. The topological polar surface area (TPSA) is 23.6 Å². The Morgan fingerprint density at radius 3 is 2.56 bits per heavy atom. The highest BCUT2D eigenvalue weighted by molar-refractivity contribution is 6.30. The number of nitrogens with zero attached hydrogens (tertiary/aromatic N) is 2. The summed E-state index contributed by atoms with van der Waals surface area (Å²) in [4.78, 5) is 16.5. The van der Waals surface area contributed by atoms with Crippen molar-refractivity contribution >= 4 is 23.2 Å². The standard InChI is InChI=1S/C20H22ClFN2O/c1-15-6-8-17(21)14-19(15)23-10-12-24(13-11-23)20(25)9-7-16-4-2-3-5-18(16)22/h2-6,8,14H,7,9-13H2,1H3. The maximum atomic E-state index is 13.6. The molecule has 0 atom stereocenters. The maximum absolute atomic E-state index is 13.6. The van der Waals surface area contributed by atoms with Gasteiger partial charge < -0.3 is 9.80 Å². The Hall–Kier alpha value is -2.07. The predicted molar refractivity (Wildman–Crippen MR) is 99.7 cm³/mol. The minimum absolute atomic E-state index is 0.0886. The number of carbonyl (C=O) groups excluding carboxylic acids is 1. The van der Waals surface area contributed by atoms with E-state index in [-0.39, 0.29) is 11.7 Å². The Morgan fingerprint density at radius 1 is 1.12 bits per heavy atom. The van der Waals surface area contributed by atoms with Gasteiger partial charge in [0, 0.05) is 43.3 Å². The maximum Gasteiger partial charge on any atom is 0.223 e. The van der Waals surface area contributed by atoms with Crippen molar-refractivity contribution in [1.29, 1.82) is 0 Å². The number of piperazine rings is 1. The number of hydrogen-bond donors (Lipinski definition) is 0. The number of halogens is 2. The molecule has 1 fully saturated rings. The fourth-order valence-electron chi connectivity index (χ4n) is 3.22. The van der Waals surface area contributed by atoms with Gasteiger partial charge in [-0.1, -0.05) is 35.9 Å². The van der Waals surface area contributed by atoms with Crippen LogP contribution in [0.2, 0.25) is 5.02 Å². The zero-order valence-electron chi connectivity index (χ0n) is 14.3. The first kappa shape index (κ1) is 17.7. The lowest BCUT2D eigenvalue weighted by Gasteiger charge is -2.37. The zero-order chi connectivity index (χ0) is 17.8. The van der Waals surface area contributed by atoms with E-state index in [1.165, 1.54) is 11.6 Å². The van der Waals surface area contributed by atoms with E-state index in [1.54, 1.807) is 18.2 Å². The van der Waals surface area contributed by atoms with Gasteiger partial charge in [0.05, 0.1) is 0 Å². The normalized spacial score (nSPS) is 14.7. The molecule has 25 heavy (non-hydrogen) atoms. The van der Waals surface area contributed by atoms with Crippen molar-refractivity contribution < 1.29 is 9.18 Å². The Balaban J connectivity index is 1.54. The summed E-state index contributed by atoms with van der Waals surface area (Å²) in [6.45, 7) is 5.00. The molecule has 132 valence electrons. The largest absolute Gasteiger partial charge is 0.368 e. The molecule has 5 heteroatoms. The van der Waals surface area contributed by atoms with Crippen LogP contribution in [0.3, 0.4) is 0 Å². The summed E-state index contributed by atoms with van der Waals surface area (Å²) in [7, 11) is 0. The van der Waals surface area contributed by atoms with Crippen molar-refractivity contribution in [2.75, 3.05) is 31.1 Å². The van der Waals surface area contributed by atoms with Crippen LogP contribution in [0.1, 0.15) is 17.5 Å². The molecule has 0 aliphatic carbocycles. The van der Waals surface area contributed by atoms with Gasteiger partial charge in [0.1, 0.15) is 5.82 Å². The molecule has 0 bridgehead atoms. The number of anilines is 1. The van der Waals surface area contributed by atoms with Crippen molar-refractivity contribution in [2.24, 2.45) is 0 Å². The van der Waals surface area contributed by atoms with Crippen molar-refractivity contribution in [3.63, 3.8) is 0 Å². The predicted octanol–water partition coefficient (Wildman–Crippen LogP) is 4.07. The Morgan fingerprint density at radius 2 is 1.84 bits per heavy atom. The molecule has 1 saturated heterocycles. The van der Waals surface area contributed by atoms with Gasteiger partial charge in [0.2, 0.25) is 5.91 Å². The van der Waals surface area contributed by atoms with Gasteiger partial charge >= 0.3 is 0 Å². The molecule has 0 aromatic heterocycles. The molecule has 1 amide bonds. The number of benzene rings is 2. The molecule has 3 nitrogen and oxygen atoms in total. The van der Waals surface area contributed by atoms with E-state index in [9.17, 15) is 9.18 Å². The summed E-state index contributed by atoms with van der Waals surface area (Å²) in [5.41, 5.74) is 2.92. The van der Waals surface area contributed by atoms with Gasteiger partial charge in [0.25, 0.3) is 0 Å². The molecule has 0 N–H and O–H groups in total. The minimum Gasteiger partial charge on any atom is -0.368 e. The lowest BCUT2D eigenvalue weighted by atomic mass is 10.1. The highest BCUT2D eigenvalue weighted by Crippen LogP contribution is 2.25. The molecule has 2 aromatic rings. The van der Waals surface area contributed by atoms with Gasteiger partial charge in [-0.3, -0.25) is 4.79 Å². The minimum atomic E-state index is -0.239. The van der Waals surface area contributed by atoms with E-state index >= 15 is 0 Å². The summed E-state index contributed by atoms with van der Waals surface area (Å²) < 4.78 is 13.6. The van der Waals surface area contributed by atoms with Crippen LogP contribution in [0.15, 0.2) is 42.5 Å². The highest BCUT2D eigenvalue weighted by atomic mass is 35.5. The van der Waals surface area contributed by atoms with Crippen molar-refractivity contribution in [2.45, 2.75) is 19.8 Å². The summed E-state index contributed by atoms with van der Waals surface area (Å²) in [5.74, 6) is -0.151.